The average molecular weight is 267 g/mol. The largest absolute Gasteiger partial charge is 0.383 e. The normalized spacial score (nSPS) is 27.6. The molecule has 1 aromatic heterocycles. The van der Waals surface area contributed by atoms with Gasteiger partial charge in [0.05, 0.1) is 5.69 Å². The highest BCUT2D eigenvalue weighted by Crippen LogP contribution is 2.58. The highest BCUT2D eigenvalue weighted by atomic mass is 15.3. The van der Waals surface area contributed by atoms with Gasteiger partial charge in [0.15, 0.2) is 0 Å². The van der Waals surface area contributed by atoms with Gasteiger partial charge in [0.25, 0.3) is 0 Å². The summed E-state index contributed by atoms with van der Waals surface area (Å²) in [6, 6.07) is 8.49. The zero-order valence-corrected chi connectivity index (χ0v) is 12.1. The number of hydrogen-bond donors (Lipinski definition) is 1. The molecular formula is C17H21N3. The van der Waals surface area contributed by atoms with Crippen LogP contribution in [0.15, 0.2) is 24.3 Å². The SMILES string of the molecule is Cc1ccccc1-c1c(C2CC3CC3C2)nn(C)c1N. The number of hydrogen-bond acceptors (Lipinski definition) is 2. The van der Waals surface area contributed by atoms with Gasteiger partial charge in [-0.3, -0.25) is 4.68 Å². The van der Waals surface area contributed by atoms with Crippen LogP contribution in [0.1, 0.15) is 36.4 Å². The molecule has 1 aromatic carbocycles. The number of nitrogen functional groups attached to an aromatic ring is 1. The standard InChI is InChI=1S/C17H21N3/c1-10-5-3-4-6-14(10)15-16(19-20(2)17(15)18)13-8-11-7-12(11)9-13/h3-6,11-13H,7-9,18H2,1-2H3. The van der Waals surface area contributed by atoms with Gasteiger partial charge in [0.1, 0.15) is 5.82 Å². The van der Waals surface area contributed by atoms with Crippen LogP contribution in [-0.4, -0.2) is 9.78 Å². The molecule has 2 saturated carbocycles. The third kappa shape index (κ3) is 1.69. The van der Waals surface area contributed by atoms with Crippen molar-refractivity contribution in [3.05, 3.63) is 35.5 Å². The molecule has 2 aromatic rings. The zero-order valence-electron chi connectivity index (χ0n) is 12.1. The van der Waals surface area contributed by atoms with Crippen molar-refractivity contribution >= 4 is 5.82 Å². The molecule has 3 nitrogen and oxygen atoms in total. The minimum absolute atomic E-state index is 0.608. The van der Waals surface area contributed by atoms with Crippen molar-refractivity contribution in [3.63, 3.8) is 0 Å². The lowest BCUT2D eigenvalue weighted by Gasteiger charge is -2.13. The summed E-state index contributed by atoms with van der Waals surface area (Å²) >= 11 is 0. The molecule has 2 aliphatic rings. The van der Waals surface area contributed by atoms with Crippen molar-refractivity contribution in [1.82, 2.24) is 9.78 Å². The van der Waals surface area contributed by atoms with Gasteiger partial charge >= 0.3 is 0 Å². The molecule has 0 spiro atoms. The third-order valence-electron chi connectivity index (χ3n) is 5.16. The molecule has 3 heteroatoms. The predicted octanol–water partition coefficient (Wildman–Crippen LogP) is 3.49. The molecule has 2 unspecified atom stereocenters. The summed E-state index contributed by atoms with van der Waals surface area (Å²) < 4.78 is 1.85. The molecule has 0 amide bonds. The van der Waals surface area contributed by atoms with Crippen LogP contribution < -0.4 is 5.73 Å². The van der Waals surface area contributed by atoms with Crippen molar-refractivity contribution in [2.45, 2.75) is 32.1 Å². The van der Waals surface area contributed by atoms with Crippen LogP contribution in [-0.2, 0) is 7.05 Å². The number of aromatic nitrogens is 2. The summed E-state index contributed by atoms with van der Waals surface area (Å²) in [4.78, 5) is 0. The summed E-state index contributed by atoms with van der Waals surface area (Å²) in [6.45, 7) is 2.15. The van der Waals surface area contributed by atoms with E-state index in [1.54, 1.807) is 0 Å². The molecule has 0 radical (unpaired) electrons. The Kier molecular flexibility index (Phi) is 2.47. The number of aryl methyl sites for hydroxylation is 2. The third-order valence-corrected chi connectivity index (χ3v) is 5.16. The highest BCUT2D eigenvalue weighted by Gasteiger charge is 2.47. The molecule has 0 aliphatic heterocycles. The van der Waals surface area contributed by atoms with E-state index in [1.807, 2.05) is 11.7 Å². The fourth-order valence-corrected chi connectivity index (χ4v) is 3.91. The van der Waals surface area contributed by atoms with Crippen molar-refractivity contribution < 1.29 is 0 Å². The lowest BCUT2D eigenvalue weighted by molar-refractivity contribution is 0.594. The summed E-state index contributed by atoms with van der Waals surface area (Å²) in [7, 11) is 1.95. The number of nitrogens with zero attached hydrogens (tertiary/aromatic N) is 2. The Bertz CT molecular complexity index is 661. The first-order chi connectivity index (χ1) is 9.65. The predicted molar refractivity (Wildman–Crippen MR) is 81.4 cm³/mol. The quantitative estimate of drug-likeness (QED) is 0.905. The first-order valence-electron chi connectivity index (χ1n) is 7.53. The van der Waals surface area contributed by atoms with Crippen molar-refractivity contribution in [3.8, 4) is 11.1 Å². The Labute approximate surface area is 119 Å². The van der Waals surface area contributed by atoms with Gasteiger partial charge in [-0.25, -0.2) is 0 Å². The molecule has 20 heavy (non-hydrogen) atoms. The fourth-order valence-electron chi connectivity index (χ4n) is 3.91. The maximum absolute atomic E-state index is 6.32. The van der Waals surface area contributed by atoms with E-state index in [9.17, 15) is 0 Å². The van der Waals surface area contributed by atoms with Crippen LogP contribution in [0, 0.1) is 18.8 Å². The molecule has 2 atom stereocenters. The van der Waals surface area contributed by atoms with Crippen LogP contribution in [0.3, 0.4) is 0 Å². The molecule has 1 heterocycles. The molecule has 2 N–H and O–H groups in total. The van der Waals surface area contributed by atoms with Gasteiger partial charge in [-0.1, -0.05) is 24.3 Å². The lowest BCUT2D eigenvalue weighted by atomic mass is 9.91. The number of benzene rings is 1. The molecule has 104 valence electrons. The van der Waals surface area contributed by atoms with Gasteiger partial charge in [-0.05, 0) is 49.1 Å². The Hall–Kier alpha value is -1.77. The second-order valence-corrected chi connectivity index (χ2v) is 6.51. The van der Waals surface area contributed by atoms with Crippen LogP contribution >= 0.6 is 0 Å². The second-order valence-electron chi connectivity index (χ2n) is 6.51. The van der Waals surface area contributed by atoms with Gasteiger partial charge in [-0.2, -0.15) is 5.10 Å². The van der Waals surface area contributed by atoms with Crippen molar-refractivity contribution in [2.24, 2.45) is 18.9 Å². The van der Waals surface area contributed by atoms with E-state index in [4.69, 9.17) is 10.8 Å². The minimum Gasteiger partial charge on any atom is -0.383 e. The lowest BCUT2D eigenvalue weighted by Crippen LogP contribution is -2.00. The van der Waals surface area contributed by atoms with Gasteiger partial charge in [0, 0.05) is 18.5 Å². The van der Waals surface area contributed by atoms with E-state index in [0.717, 1.165) is 17.7 Å². The fraction of sp³-hybridized carbons (Fsp3) is 0.471. The molecular weight excluding hydrogens is 246 g/mol. The first kappa shape index (κ1) is 12.0. The molecule has 4 rings (SSSR count). The Morgan fingerprint density at radius 3 is 2.55 bits per heavy atom. The maximum atomic E-state index is 6.32. The topological polar surface area (TPSA) is 43.8 Å². The molecule has 2 fully saturated rings. The average Bonchev–Trinajstić information content (AvgIpc) is 2.93. The van der Waals surface area contributed by atoms with E-state index < -0.39 is 0 Å². The van der Waals surface area contributed by atoms with E-state index in [1.165, 1.54) is 41.6 Å². The van der Waals surface area contributed by atoms with Crippen LogP contribution in [0.25, 0.3) is 11.1 Å². The summed E-state index contributed by atoms with van der Waals surface area (Å²) in [5, 5.41) is 4.76. The number of anilines is 1. The Morgan fingerprint density at radius 2 is 1.85 bits per heavy atom. The Balaban J connectivity index is 1.84. The van der Waals surface area contributed by atoms with Crippen LogP contribution in [0.5, 0.6) is 0 Å². The highest BCUT2D eigenvalue weighted by molar-refractivity contribution is 5.79. The van der Waals surface area contributed by atoms with E-state index >= 15 is 0 Å². The second kappa shape index (κ2) is 4.11. The number of rotatable bonds is 2. The summed E-state index contributed by atoms with van der Waals surface area (Å²) in [5.41, 5.74) is 11.2. The van der Waals surface area contributed by atoms with E-state index in [0.29, 0.717) is 5.92 Å². The summed E-state index contributed by atoms with van der Waals surface area (Å²) in [5.74, 6) is 3.34. The first-order valence-corrected chi connectivity index (χ1v) is 7.53. The summed E-state index contributed by atoms with van der Waals surface area (Å²) in [6.07, 6.45) is 4.05. The van der Waals surface area contributed by atoms with Crippen LogP contribution in [0.2, 0.25) is 0 Å². The van der Waals surface area contributed by atoms with Crippen molar-refractivity contribution in [2.75, 3.05) is 5.73 Å². The van der Waals surface area contributed by atoms with Gasteiger partial charge < -0.3 is 5.73 Å². The smallest absolute Gasteiger partial charge is 0.129 e. The molecule has 2 aliphatic carbocycles. The van der Waals surface area contributed by atoms with E-state index in [-0.39, 0.29) is 0 Å². The maximum Gasteiger partial charge on any atom is 0.129 e. The van der Waals surface area contributed by atoms with Crippen LogP contribution in [0.4, 0.5) is 5.82 Å². The number of fused-ring (bicyclic) bond motifs is 1. The monoisotopic (exact) mass is 267 g/mol. The molecule has 0 saturated heterocycles. The van der Waals surface area contributed by atoms with Gasteiger partial charge in [0.2, 0.25) is 0 Å². The zero-order chi connectivity index (χ0) is 13.9. The van der Waals surface area contributed by atoms with Crippen molar-refractivity contribution in [1.29, 1.82) is 0 Å². The van der Waals surface area contributed by atoms with E-state index in [2.05, 4.69) is 31.2 Å². The molecule has 0 bridgehead atoms. The number of nitrogens with two attached hydrogens (primary N) is 1. The van der Waals surface area contributed by atoms with Gasteiger partial charge in [-0.15, -0.1) is 0 Å². The Morgan fingerprint density at radius 1 is 1.15 bits per heavy atom. The minimum atomic E-state index is 0.608.